The zero-order valence-electron chi connectivity index (χ0n) is 11.0. The van der Waals surface area contributed by atoms with Gasteiger partial charge < -0.3 is 10.6 Å². The number of rotatable bonds is 0. The number of carbonyl (C=O) groups is 1. The highest BCUT2D eigenvalue weighted by Crippen LogP contribution is 2.39. The molecule has 0 atom stereocenters. The molecule has 1 spiro atoms. The molecule has 0 aromatic heterocycles. The van der Waals surface area contributed by atoms with Crippen molar-refractivity contribution in [2.24, 2.45) is 5.41 Å². The number of carbonyl (C=O) groups excluding carboxylic acids is 1. The third-order valence-corrected chi connectivity index (χ3v) is 4.39. The van der Waals surface area contributed by atoms with Gasteiger partial charge in [-0.2, -0.15) is 0 Å². The first kappa shape index (κ1) is 12.5. The molecule has 19 heavy (non-hydrogen) atoms. The lowest BCUT2D eigenvalue weighted by Crippen LogP contribution is -2.39. The van der Waals surface area contributed by atoms with E-state index in [0.29, 0.717) is 12.2 Å². The van der Waals surface area contributed by atoms with Crippen molar-refractivity contribution in [2.75, 3.05) is 17.2 Å². The van der Waals surface area contributed by atoms with Crippen LogP contribution in [0.5, 0.6) is 0 Å². The normalized spacial score (nSPS) is 21.8. The molecule has 1 heterocycles. The highest BCUT2D eigenvalue weighted by molar-refractivity contribution is 5.99. The van der Waals surface area contributed by atoms with Crippen LogP contribution < -0.4 is 10.6 Å². The third-order valence-electron chi connectivity index (χ3n) is 4.39. The van der Waals surface area contributed by atoms with Crippen LogP contribution in [0.15, 0.2) is 18.2 Å². The van der Waals surface area contributed by atoms with Crippen molar-refractivity contribution < 1.29 is 9.18 Å². The lowest BCUT2D eigenvalue weighted by atomic mass is 9.79. The largest absolute Gasteiger partial charge is 0.382 e. The van der Waals surface area contributed by atoms with Gasteiger partial charge in [0.1, 0.15) is 5.82 Å². The number of anilines is 2. The summed E-state index contributed by atoms with van der Waals surface area (Å²) in [5, 5.41) is 6.23. The maximum Gasteiger partial charge on any atom is 0.232 e. The van der Waals surface area contributed by atoms with Crippen molar-refractivity contribution in [3.05, 3.63) is 24.0 Å². The Bertz CT molecular complexity index is 493. The molecule has 0 radical (unpaired) electrons. The fraction of sp³-hybridized carbons (Fsp3) is 0.533. The van der Waals surface area contributed by atoms with Gasteiger partial charge >= 0.3 is 0 Å². The number of fused-ring (bicyclic) bond motifs is 1. The van der Waals surface area contributed by atoms with Crippen molar-refractivity contribution in [3.63, 3.8) is 0 Å². The number of nitrogens with one attached hydrogen (secondary N) is 2. The highest BCUT2D eigenvalue weighted by Gasteiger charge is 2.40. The Morgan fingerprint density at radius 3 is 2.53 bits per heavy atom. The minimum absolute atomic E-state index is 0.0475. The van der Waals surface area contributed by atoms with E-state index in [0.717, 1.165) is 31.4 Å². The maximum atomic E-state index is 13.3. The molecule has 2 N–H and O–H groups in total. The quantitative estimate of drug-likeness (QED) is 0.751. The smallest absolute Gasteiger partial charge is 0.232 e. The van der Waals surface area contributed by atoms with Gasteiger partial charge in [-0.3, -0.25) is 4.79 Å². The molecule has 2 aliphatic rings. The monoisotopic (exact) mass is 262 g/mol. The lowest BCUT2D eigenvalue weighted by Gasteiger charge is -2.29. The van der Waals surface area contributed by atoms with E-state index in [4.69, 9.17) is 0 Å². The van der Waals surface area contributed by atoms with Crippen molar-refractivity contribution in [1.82, 2.24) is 0 Å². The summed E-state index contributed by atoms with van der Waals surface area (Å²) in [6.45, 7) is 0.650. The first-order valence-corrected chi connectivity index (χ1v) is 7.05. The van der Waals surface area contributed by atoms with E-state index in [2.05, 4.69) is 10.6 Å². The number of hydrogen-bond acceptors (Lipinski definition) is 2. The molecule has 3 nitrogen and oxygen atoms in total. The molecule has 1 fully saturated rings. The fourth-order valence-electron chi connectivity index (χ4n) is 3.18. The highest BCUT2D eigenvalue weighted by atomic mass is 19.1. The van der Waals surface area contributed by atoms with Crippen LogP contribution in [-0.4, -0.2) is 12.5 Å². The predicted octanol–water partition coefficient (Wildman–Crippen LogP) is 3.53. The van der Waals surface area contributed by atoms with Crippen molar-refractivity contribution in [3.8, 4) is 0 Å². The molecule has 0 unspecified atom stereocenters. The number of hydrogen-bond donors (Lipinski definition) is 2. The topological polar surface area (TPSA) is 41.1 Å². The average Bonchev–Trinajstić information content (AvgIpc) is 2.70. The first-order chi connectivity index (χ1) is 9.20. The summed E-state index contributed by atoms with van der Waals surface area (Å²) in [6.07, 6.45) is 6.44. The lowest BCUT2D eigenvalue weighted by molar-refractivity contribution is -0.125. The molecule has 102 valence electrons. The van der Waals surface area contributed by atoms with E-state index in [-0.39, 0.29) is 17.1 Å². The fourth-order valence-corrected chi connectivity index (χ4v) is 3.18. The second kappa shape index (κ2) is 4.83. The minimum atomic E-state index is -0.327. The van der Waals surface area contributed by atoms with Gasteiger partial charge in [0.2, 0.25) is 5.91 Å². The Balaban J connectivity index is 1.91. The van der Waals surface area contributed by atoms with E-state index in [1.54, 1.807) is 6.07 Å². The summed E-state index contributed by atoms with van der Waals surface area (Å²) < 4.78 is 13.3. The third kappa shape index (κ3) is 2.31. The summed E-state index contributed by atoms with van der Waals surface area (Å²) in [4.78, 5) is 12.5. The van der Waals surface area contributed by atoms with Gasteiger partial charge in [0.15, 0.2) is 0 Å². The van der Waals surface area contributed by atoms with E-state index >= 15 is 0 Å². The van der Waals surface area contributed by atoms with Crippen LogP contribution in [0.3, 0.4) is 0 Å². The zero-order valence-corrected chi connectivity index (χ0v) is 11.0. The van der Waals surface area contributed by atoms with Crippen LogP contribution in [0.1, 0.15) is 38.5 Å². The Labute approximate surface area is 112 Å². The standard InChI is InChI=1S/C15H19FN2O/c16-11-5-6-12-13(9-11)18-14(19)15(10-17-12)7-3-1-2-4-8-15/h5-6,9,17H,1-4,7-8,10H2,(H,18,19). The van der Waals surface area contributed by atoms with Gasteiger partial charge in [0.25, 0.3) is 0 Å². The summed E-state index contributed by atoms with van der Waals surface area (Å²) in [5.74, 6) is -0.274. The summed E-state index contributed by atoms with van der Waals surface area (Å²) in [5.41, 5.74) is 1.05. The average molecular weight is 262 g/mol. The van der Waals surface area contributed by atoms with Crippen LogP contribution in [0.25, 0.3) is 0 Å². The molecule has 1 aromatic rings. The number of benzene rings is 1. The van der Waals surface area contributed by atoms with Crippen molar-refractivity contribution in [2.45, 2.75) is 38.5 Å². The molecule has 1 aliphatic heterocycles. The maximum absolute atomic E-state index is 13.3. The Morgan fingerprint density at radius 2 is 1.79 bits per heavy atom. The Kier molecular flexibility index (Phi) is 3.17. The molecule has 1 aromatic carbocycles. The van der Waals surface area contributed by atoms with E-state index in [1.165, 1.54) is 25.0 Å². The molecule has 1 amide bonds. The SMILES string of the molecule is O=C1Nc2cc(F)ccc2NCC12CCCCCC2. The predicted molar refractivity (Wildman–Crippen MR) is 73.7 cm³/mol. The van der Waals surface area contributed by atoms with Crippen LogP contribution in [0.4, 0.5) is 15.8 Å². The van der Waals surface area contributed by atoms with Crippen LogP contribution in [-0.2, 0) is 4.79 Å². The summed E-state index contributed by atoms with van der Waals surface area (Å²) >= 11 is 0. The van der Waals surface area contributed by atoms with Crippen molar-refractivity contribution in [1.29, 1.82) is 0 Å². The van der Waals surface area contributed by atoms with Gasteiger partial charge in [0, 0.05) is 6.54 Å². The molecule has 4 heteroatoms. The second-order valence-electron chi connectivity index (χ2n) is 5.69. The van der Waals surface area contributed by atoms with Crippen LogP contribution in [0.2, 0.25) is 0 Å². The van der Waals surface area contributed by atoms with Gasteiger partial charge in [-0.1, -0.05) is 25.7 Å². The molecule has 1 aliphatic carbocycles. The van der Waals surface area contributed by atoms with E-state index in [1.807, 2.05) is 0 Å². The van der Waals surface area contributed by atoms with Gasteiger partial charge in [-0.15, -0.1) is 0 Å². The molecular weight excluding hydrogens is 243 g/mol. The number of halogens is 1. The zero-order chi connectivity index (χ0) is 13.3. The van der Waals surface area contributed by atoms with Crippen LogP contribution in [0, 0.1) is 11.2 Å². The Morgan fingerprint density at radius 1 is 1.05 bits per heavy atom. The minimum Gasteiger partial charge on any atom is -0.382 e. The van der Waals surface area contributed by atoms with Crippen LogP contribution >= 0.6 is 0 Å². The van der Waals surface area contributed by atoms with E-state index < -0.39 is 0 Å². The van der Waals surface area contributed by atoms with E-state index in [9.17, 15) is 9.18 Å². The van der Waals surface area contributed by atoms with Gasteiger partial charge in [-0.25, -0.2) is 4.39 Å². The second-order valence-corrected chi connectivity index (χ2v) is 5.69. The molecule has 1 saturated carbocycles. The number of amides is 1. The van der Waals surface area contributed by atoms with Crippen molar-refractivity contribution >= 4 is 17.3 Å². The molecule has 3 rings (SSSR count). The molecule has 0 bridgehead atoms. The summed E-state index contributed by atoms with van der Waals surface area (Å²) in [6, 6.07) is 4.50. The molecule has 0 saturated heterocycles. The van der Waals surface area contributed by atoms with Gasteiger partial charge in [-0.05, 0) is 31.0 Å². The Hall–Kier alpha value is -1.58. The first-order valence-electron chi connectivity index (χ1n) is 7.05. The molecular formula is C15H19FN2O. The van der Waals surface area contributed by atoms with Gasteiger partial charge in [0.05, 0.1) is 16.8 Å². The summed E-state index contributed by atoms with van der Waals surface area (Å²) in [7, 11) is 0.